The quantitative estimate of drug-likeness (QED) is 0.344. The standard InChI is InChI=1S/C29H26F3N3O2/c30-29(31,32)23-10-11-25-26(15-23)35(17-18-12-13-34(16-18)28(37)21-8-9-21)27(33-25)20-6-4-19(5-7-20)22-2-1-3-24(36)14-22/h1-7,10-11,14-15,18,21,36H,8-9,12-13,16-17H2. The zero-order valence-electron chi connectivity index (χ0n) is 20.1. The van der Waals surface area contributed by atoms with Crippen molar-refractivity contribution in [2.75, 3.05) is 13.1 Å². The number of fused-ring (bicyclic) bond motifs is 1. The fourth-order valence-electron chi connectivity index (χ4n) is 5.23. The van der Waals surface area contributed by atoms with Gasteiger partial charge >= 0.3 is 6.18 Å². The predicted molar refractivity (Wildman–Crippen MR) is 135 cm³/mol. The van der Waals surface area contributed by atoms with Crippen LogP contribution in [0.2, 0.25) is 0 Å². The molecule has 0 spiro atoms. The molecule has 37 heavy (non-hydrogen) atoms. The molecule has 4 aromatic rings. The number of alkyl halides is 3. The van der Waals surface area contributed by atoms with Crippen molar-refractivity contribution in [3.05, 3.63) is 72.3 Å². The number of phenols is 1. The molecule has 190 valence electrons. The molecule has 1 saturated carbocycles. The summed E-state index contributed by atoms with van der Waals surface area (Å²) in [5.41, 5.74) is 2.80. The Hall–Kier alpha value is -3.81. The van der Waals surface area contributed by atoms with Gasteiger partial charge < -0.3 is 14.6 Å². The van der Waals surface area contributed by atoms with Crippen LogP contribution in [0.25, 0.3) is 33.5 Å². The fraction of sp³-hybridized carbons (Fsp3) is 0.310. The van der Waals surface area contributed by atoms with E-state index in [1.54, 1.807) is 18.2 Å². The van der Waals surface area contributed by atoms with Gasteiger partial charge in [-0.25, -0.2) is 4.98 Å². The van der Waals surface area contributed by atoms with Crippen molar-refractivity contribution in [2.45, 2.75) is 32.0 Å². The maximum absolute atomic E-state index is 13.5. The number of hydrogen-bond acceptors (Lipinski definition) is 3. The number of carbonyl (C=O) groups is 1. The molecule has 1 atom stereocenters. The summed E-state index contributed by atoms with van der Waals surface area (Å²) >= 11 is 0. The van der Waals surface area contributed by atoms with Crippen molar-refractivity contribution in [3.63, 3.8) is 0 Å². The number of aromatic nitrogens is 2. The molecule has 2 aliphatic rings. The Morgan fingerprint density at radius 1 is 0.946 bits per heavy atom. The number of halogens is 3. The number of rotatable bonds is 5. The number of imidazole rings is 1. The highest BCUT2D eigenvalue weighted by atomic mass is 19.4. The van der Waals surface area contributed by atoms with Gasteiger partial charge in [0.1, 0.15) is 11.6 Å². The fourth-order valence-corrected chi connectivity index (χ4v) is 5.23. The van der Waals surface area contributed by atoms with Gasteiger partial charge in [0.25, 0.3) is 0 Å². The summed E-state index contributed by atoms with van der Waals surface area (Å²) in [5.74, 6) is 1.28. The van der Waals surface area contributed by atoms with Crippen LogP contribution in [0, 0.1) is 11.8 Å². The van der Waals surface area contributed by atoms with Gasteiger partial charge in [0.15, 0.2) is 0 Å². The van der Waals surface area contributed by atoms with Gasteiger partial charge in [-0.3, -0.25) is 4.79 Å². The van der Waals surface area contributed by atoms with Gasteiger partial charge in [0, 0.05) is 31.1 Å². The Morgan fingerprint density at radius 2 is 1.70 bits per heavy atom. The van der Waals surface area contributed by atoms with Crippen molar-refractivity contribution in [2.24, 2.45) is 11.8 Å². The lowest BCUT2D eigenvalue weighted by atomic mass is 10.0. The minimum Gasteiger partial charge on any atom is -0.508 e. The number of phenolic OH excluding ortho intramolecular Hbond substituents is 1. The third-order valence-corrected chi connectivity index (χ3v) is 7.36. The van der Waals surface area contributed by atoms with E-state index in [0.29, 0.717) is 36.5 Å². The minimum atomic E-state index is -4.45. The largest absolute Gasteiger partial charge is 0.508 e. The molecular formula is C29H26F3N3O2. The first-order valence-electron chi connectivity index (χ1n) is 12.5. The molecule has 1 aliphatic carbocycles. The molecular weight excluding hydrogens is 479 g/mol. The molecule has 0 bridgehead atoms. The lowest BCUT2D eigenvalue weighted by Gasteiger charge is -2.18. The topological polar surface area (TPSA) is 58.4 Å². The zero-order valence-corrected chi connectivity index (χ0v) is 20.1. The molecule has 5 nitrogen and oxygen atoms in total. The third-order valence-electron chi connectivity index (χ3n) is 7.36. The average molecular weight is 506 g/mol. The Kier molecular flexibility index (Phi) is 5.70. The summed E-state index contributed by atoms with van der Waals surface area (Å²) in [7, 11) is 0. The normalized spacial score (nSPS) is 18.0. The van der Waals surface area contributed by atoms with E-state index in [9.17, 15) is 23.1 Å². The first-order valence-corrected chi connectivity index (χ1v) is 12.5. The van der Waals surface area contributed by atoms with Crippen LogP contribution in [-0.2, 0) is 17.5 Å². The van der Waals surface area contributed by atoms with Crippen molar-refractivity contribution < 1.29 is 23.1 Å². The molecule has 2 heterocycles. The highest BCUT2D eigenvalue weighted by Crippen LogP contribution is 2.36. The monoisotopic (exact) mass is 505 g/mol. The number of benzene rings is 3. The van der Waals surface area contributed by atoms with E-state index in [-0.39, 0.29) is 23.5 Å². The summed E-state index contributed by atoms with van der Waals surface area (Å²) in [5, 5.41) is 9.81. The van der Waals surface area contributed by atoms with Crippen LogP contribution < -0.4 is 0 Å². The van der Waals surface area contributed by atoms with Gasteiger partial charge in [-0.05, 0) is 66.6 Å². The second-order valence-electron chi connectivity index (χ2n) is 10.1. The number of likely N-dealkylation sites (tertiary alicyclic amines) is 1. The predicted octanol–water partition coefficient (Wildman–Crippen LogP) is 6.35. The number of aromatic hydroxyl groups is 1. The van der Waals surface area contributed by atoms with E-state index >= 15 is 0 Å². The van der Waals surface area contributed by atoms with Gasteiger partial charge in [-0.15, -0.1) is 0 Å². The van der Waals surface area contributed by atoms with Gasteiger partial charge in [0.05, 0.1) is 16.6 Å². The van der Waals surface area contributed by atoms with Crippen molar-refractivity contribution in [3.8, 4) is 28.3 Å². The van der Waals surface area contributed by atoms with Crippen molar-refractivity contribution >= 4 is 16.9 Å². The van der Waals surface area contributed by atoms with Crippen molar-refractivity contribution in [1.82, 2.24) is 14.5 Å². The molecule has 1 N–H and O–H groups in total. The minimum absolute atomic E-state index is 0.139. The molecule has 2 fully saturated rings. The second-order valence-corrected chi connectivity index (χ2v) is 10.1. The van der Waals surface area contributed by atoms with Crippen LogP contribution in [0.4, 0.5) is 13.2 Å². The molecule has 3 aromatic carbocycles. The van der Waals surface area contributed by atoms with Crippen LogP contribution in [0.5, 0.6) is 5.75 Å². The molecule has 0 radical (unpaired) electrons. The molecule has 1 amide bonds. The lowest BCUT2D eigenvalue weighted by Crippen LogP contribution is -2.30. The van der Waals surface area contributed by atoms with Gasteiger partial charge in [-0.1, -0.05) is 36.4 Å². The van der Waals surface area contributed by atoms with E-state index < -0.39 is 11.7 Å². The SMILES string of the molecule is O=C(C1CC1)N1CCC(Cn2c(-c3ccc(-c4cccc(O)c4)cc3)nc3ccc(C(F)(F)F)cc32)C1. The zero-order chi connectivity index (χ0) is 25.7. The second kappa shape index (κ2) is 8.94. The van der Waals surface area contributed by atoms with E-state index in [2.05, 4.69) is 0 Å². The first kappa shape index (κ1) is 23.6. The molecule has 8 heteroatoms. The molecule has 1 unspecified atom stereocenters. The number of amides is 1. The van der Waals surface area contributed by atoms with Crippen LogP contribution in [0.1, 0.15) is 24.8 Å². The van der Waals surface area contributed by atoms with E-state index in [1.165, 1.54) is 12.1 Å². The molecule has 1 aromatic heterocycles. The molecule has 1 saturated heterocycles. The summed E-state index contributed by atoms with van der Waals surface area (Å²) in [4.78, 5) is 19.2. The Balaban J connectivity index is 1.36. The summed E-state index contributed by atoms with van der Waals surface area (Å²) in [6, 6.07) is 18.3. The van der Waals surface area contributed by atoms with E-state index in [4.69, 9.17) is 4.98 Å². The summed E-state index contributed by atoms with van der Waals surface area (Å²) in [6.07, 6.45) is -1.73. The lowest BCUT2D eigenvalue weighted by molar-refractivity contribution is -0.137. The van der Waals surface area contributed by atoms with E-state index in [0.717, 1.165) is 42.0 Å². The highest BCUT2D eigenvalue weighted by molar-refractivity contribution is 5.82. The third kappa shape index (κ3) is 4.68. The highest BCUT2D eigenvalue weighted by Gasteiger charge is 2.37. The summed E-state index contributed by atoms with van der Waals surface area (Å²) < 4.78 is 42.5. The Labute approximate surface area is 212 Å². The summed E-state index contributed by atoms with van der Waals surface area (Å²) in [6.45, 7) is 1.79. The van der Waals surface area contributed by atoms with Crippen LogP contribution in [0.3, 0.4) is 0 Å². The van der Waals surface area contributed by atoms with E-state index in [1.807, 2.05) is 39.8 Å². The van der Waals surface area contributed by atoms with Crippen molar-refractivity contribution in [1.29, 1.82) is 0 Å². The Bertz CT molecular complexity index is 1470. The Morgan fingerprint density at radius 3 is 2.41 bits per heavy atom. The maximum atomic E-state index is 13.5. The average Bonchev–Trinajstić information content (AvgIpc) is 3.53. The maximum Gasteiger partial charge on any atom is 0.416 e. The van der Waals surface area contributed by atoms with Crippen LogP contribution >= 0.6 is 0 Å². The number of hydrogen-bond donors (Lipinski definition) is 1. The van der Waals surface area contributed by atoms with Gasteiger partial charge in [-0.2, -0.15) is 13.2 Å². The van der Waals surface area contributed by atoms with Crippen LogP contribution in [0.15, 0.2) is 66.7 Å². The van der Waals surface area contributed by atoms with Gasteiger partial charge in [0.2, 0.25) is 5.91 Å². The number of carbonyl (C=O) groups excluding carboxylic acids is 1. The number of nitrogens with zero attached hydrogens (tertiary/aromatic N) is 3. The molecule has 6 rings (SSSR count). The smallest absolute Gasteiger partial charge is 0.416 e. The van der Waals surface area contributed by atoms with Crippen LogP contribution in [-0.4, -0.2) is 38.6 Å². The molecule has 1 aliphatic heterocycles. The first-order chi connectivity index (χ1) is 17.8.